The molecular formula is C15H10BrF3O. The average molecular weight is 343 g/mol. The van der Waals surface area contributed by atoms with E-state index in [1.54, 1.807) is 18.2 Å². The summed E-state index contributed by atoms with van der Waals surface area (Å²) < 4.78 is 38.6. The highest BCUT2D eigenvalue weighted by Crippen LogP contribution is 2.30. The molecule has 0 spiro atoms. The molecule has 0 atom stereocenters. The van der Waals surface area contributed by atoms with Crippen LogP contribution in [0.1, 0.15) is 21.5 Å². The summed E-state index contributed by atoms with van der Waals surface area (Å²) in [7, 11) is 0. The van der Waals surface area contributed by atoms with Crippen LogP contribution in [0.25, 0.3) is 0 Å². The Kier molecular flexibility index (Phi) is 4.28. The van der Waals surface area contributed by atoms with Gasteiger partial charge in [0, 0.05) is 16.5 Å². The Labute approximate surface area is 122 Å². The molecule has 0 amide bonds. The Hall–Kier alpha value is -1.62. The molecule has 5 heteroatoms. The van der Waals surface area contributed by atoms with E-state index in [9.17, 15) is 18.0 Å². The lowest BCUT2D eigenvalue weighted by Crippen LogP contribution is -2.09. The minimum absolute atomic E-state index is 0.0583. The third kappa shape index (κ3) is 3.48. The summed E-state index contributed by atoms with van der Waals surface area (Å²) in [6.45, 7) is 0. The molecule has 0 aliphatic carbocycles. The summed E-state index contributed by atoms with van der Waals surface area (Å²) in [5.74, 6) is -0.344. The molecular weight excluding hydrogens is 333 g/mol. The molecule has 0 N–H and O–H groups in total. The SMILES string of the molecule is O=C(Cc1ccccc1Br)c1cccc(C(F)(F)F)c1. The highest BCUT2D eigenvalue weighted by atomic mass is 79.9. The summed E-state index contributed by atoms with van der Waals surface area (Å²) in [4.78, 5) is 12.1. The summed E-state index contributed by atoms with van der Waals surface area (Å²) in [5, 5.41) is 0. The van der Waals surface area contributed by atoms with Gasteiger partial charge in [0.1, 0.15) is 0 Å². The Morgan fingerprint density at radius 2 is 1.75 bits per heavy atom. The normalized spacial score (nSPS) is 11.4. The van der Waals surface area contributed by atoms with E-state index >= 15 is 0 Å². The Morgan fingerprint density at radius 1 is 1.05 bits per heavy atom. The molecule has 0 heterocycles. The van der Waals surface area contributed by atoms with Gasteiger partial charge in [-0.05, 0) is 23.8 Å². The maximum absolute atomic E-state index is 12.6. The first-order valence-corrected chi connectivity index (χ1v) is 6.61. The number of rotatable bonds is 3. The van der Waals surface area contributed by atoms with E-state index < -0.39 is 11.7 Å². The second kappa shape index (κ2) is 5.79. The van der Waals surface area contributed by atoms with Crippen LogP contribution in [0.15, 0.2) is 53.0 Å². The summed E-state index contributed by atoms with van der Waals surface area (Å²) >= 11 is 3.31. The second-order valence-electron chi connectivity index (χ2n) is 4.27. The molecule has 2 rings (SSSR count). The second-order valence-corrected chi connectivity index (χ2v) is 5.12. The summed E-state index contributed by atoms with van der Waals surface area (Å²) in [6, 6.07) is 11.6. The van der Waals surface area contributed by atoms with Crippen molar-refractivity contribution in [3.8, 4) is 0 Å². The van der Waals surface area contributed by atoms with Crippen LogP contribution in [0.4, 0.5) is 13.2 Å². The maximum Gasteiger partial charge on any atom is 0.416 e. The van der Waals surface area contributed by atoms with Crippen LogP contribution < -0.4 is 0 Å². The van der Waals surface area contributed by atoms with Crippen molar-refractivity contribution in [3.63, 3.8) is 0 Å². The van der Waals surface area contributed by atoms with Crippen molar-refractivity contribution < 1.29 is 18.0 Å². The Balaban J connectivity index is 2.24. The zero-order valence-corrected chi connectivity index (χ0v) is 11.8. The first-order valence-electron chi connectivity index (χ1n) is 5.82. The van der Waals surface area contributed by atoms with E-state index in [1.165, 1.54) is 12.1 Å². The highest BCUT2D eigenvalue weighted by molar-refractivity contribution is 9.10. The van der Waals surface area contributed by atoms with Gasteiger partial charge in [-0.1, -0.05) is 46.3 Å². The van der Waals surface area contributed by atoms with Gasteiger partial charge >= 0.3 is 6.18 Å². The predicted octanol–water partition coefficient (Wildman–Crippen LogP) is 4.89. The molecule has 0 aromatic heterocycles. The number of hydrogen-bond donors (Lipinski definition) is 0. The molecule has 2 aromatic rings. The number of carbonyl (C=O) groups excluding carboxylic acids is 1. The smallest absolute Gasteiger partial charge is 0.294 e. The molecule has 20 heavy (non-hydrogen) atoms. The third-order valence-corrected chi connectivity index (χ3v) is 3.59. The van der Waals surface area contributed by atoms with Crippen molar-refractivity contribution in [1.29, 1.82) is 0 Å². The number of alkyl halides is 3. The minimum atomic E-state index is -4.44. The average Bonchev–Trinajstić information content (AvgIpc) is 2.40. The Morgan fingerprint density at radius 3 is 2.40 bits per heavy atom. The lowest BCUT2D eigenvalue weighted by Gasteiger charge is -2.08. The van der Waals surface area contributed by atoms with Crippen molar-refractivity contribution in [1.82, 2.24) is 0 Å². The van der Waals surface area contributed by atoms with Crippen LogP contribution in [0.3, 0.4) is 0 Å². The largest absolute Gasteiger partial charge is 0.416 e. The summed E-state index contributed by atoms with van der Waals surface area (Å²) in [6.07, 6.45) is -4.38. The molecule has 0 radical (unpaired) electrons. The quantitative estimate of drug-likeness (QED) is 0.725. The first kappa shape index (κ1) is 14.8. The lowest BCUT2D eigenvalue weighted by molar-refractivity contribution is -0.137. The van der Waals surface area contributed by atoms with Gasteiger partial charge in [-0.15, -0.1) is 0 Å². The van der Waals surface area contributed by atoms with E-state index in [0.717, 1.165) is 22.2 Å². The van der Waals surface area contributed by atoms with E-state index in [0.29, 0.717) is 0 Å². The van der Waals surface area contributed by atoms with Gasteiger partial charge in [-0.2, -0.15) is 13.2 Å². The topological polar surface area (TPSA) is 17.1 Å². The molecule has 2 aromatic carbocycles. The van der Waals surface area contributed by atoms with Gasteiger partial charge < -0.3 is 0 Å². The van der Waals surface area contributed by atoms with Gasteiger partial charge in [-0.3, -0.25) is 4.79 Å². The molecule has 0 aliphatic heterocycles. The van der Waals surface area contributed by atoms with Crippen molar-refractivity contribution in [2.24, 2.45) is 0 Å². The predicted molar refractivity (Wildman–Crippen MR) is 73.6 cm³/mol. The number of hydrogen-bond acceptors (Lipinski definition) is 1. The molecule has 0 aliphatic rings. The third-order valence-electron chi connectivity index (χ3n) is 2.82. The van der Waals surface area contributed by atoms with Gasteiger partial charge in [-0.25, -0.2) is 0 Å². The maximum atomic E-state index is 12.6. The van der Waals surface area contributed by atoms with Crippen LogP contribution in [0, 0.1) is 0 Å². The van der Waals surface area contributed by atoms with Gasteiger partial charge in [0.2, 0.25) is 0 Å². The van der Waals surface area contributed by atoms with Crippen LogP contribution in [0.5, 0.6) is 0 Å². The molecule has 1 nitrogen and oxygen atoms in total. The summed E-state index contributed by atoms with van der Waals surface area (Å²) in [5.41, 5.74) is 0.000896. The fourth-order valence-corrected chi connectivity index (χ4v) is 2.21. The van der Waals surface area contributed by atoms with Crippen LogP contribution in [-0.4, -0.2) is 5.78 Å². The zero-order chi connectivity index (χ0) is 14.8. The number of halogens is 4. The van der Waals surface area contributed by atoms with E-state index in [2.05, 4.69) is 15.9 Å². The minimum Gasteiger partial charge on any atom is -0.294 e. The molecule has 0 saturated heterocycles. The molecule has 0 fully saturated rings. The monoisotopic (exact) mass is 342 g/mol. The van der Waals surface area contributed by atoms with Crippen molar-refractivity contribution in [2.45, 2.75) is 12.6 Å². The van der Waals surface area contributed by atoms with Crippen molar-refractivity contribution >= 4 is 21.7 Å². The lowest BCUT2D eigenvalue weighted by atomic mass is 10.0. The number of carbonyl (C=O) groups is 1. The molecule has 0 unspecified atom stereocenters. The first-order chi connectivity index (χ1) is 9.38. The van der Waals surface area contributed by atoms with E-state index in [-0.39, 0.29) is 17.8 Å². The van der Waals surface area contributed by atoms with Crippen LogP contribution >= 0.6 is 15.9 Å². The highest BCUT2D eigenvalue weighted by Gasteiger charge is 2.30. The van der Waals surface area contributed by atoms with Crippen molar-refractivity contribution in [3.05, 3.63) is 69.7 Å². The van der Waals surface area contributed by atoms with Gasteiger partial charge in [0.25, 0.3) is 0 Å². The molecule has 104 valence electrons. The fourth-order valence-electron chi connectivity index (χ4n) is 1.79. The molecule has 0 bridgehead atoms. The van der Waals surface area contributed by atoms with E-state index in [4.69, 9.17) is 0 Å². The standard InChI is InChI=1S/C15H10BrF3O/c16-13-7-2-1-4-10(13)9-14(20)11-5-3-6-12(8-11)15(17,18)19/h1-8H,9H2. The van der Waals surface area contributed by atoms with Crippen LogP contribution in [-0.2, 0) is 12.6 Å². The van der Waals surface area contributed by atoms with E-state index in [1.807, 2.05) is 6.07 Å². The number of ketones is 1. The van der Waals surface area contributed by atoms with Crippen molar-refractivity contribution in [2.75, 3.05) is 0 Å². The van der Waals surface area contributed by atoms with Gasteiger partial charge in [0.15, 0.2) is 5.78 Å². The van der Waals surface area contributed by atoms with Crippen LogP contribution in [0.2, 0.25) is 0 Å². The molecule has 0 saturated carbocycles. The zero-order valence-electron chi connectivity index (χ0n) is 10.2. The van der Waals surface area contributed by atoms with Gasteiger partial charge in [0.05, 0.1) is 5.56 Å². The Bertz CT molecular complexity index is 635. The number of Topliss-reactive ketones (excluding diaryl/α,β-unsaturated/α-hetero) is 1. The fraction of sp³-hybridized carbons (Fsp3) is 0.133. The number of benzene rings is 2.